The summed E-state index contributed by atoms with van der Waals surface area (Å²) >= 11 is 0. The molecule has 1 fully saturated rings. The Morgan fingerprint density at radius 3 is 2.69 bits per heavy atom. The molecule has 0 bridgehead atoms. The third kappa shape index (κ3) is 4.41. The summed E-state index contributed by atoms with van der Waals surface area (Å²) in [6.07, 6.45) is 6.01. The van der Waals surface area contributed by atoms with E-state index in [0.717, 1.165) is 12.5 Å². The molecule has 0 spiro atoms. The van der Waals surface area contributed by atoms with Gasteiger partial charge in [0.2, 0.25) is 0 Å². The van der Waals surface area contributed by atoms with Gasteiger partial charge in [0.1, 0.15) is 5.78 Å². The maximum absolute atomic E-state index is 10.7. The molecule has 1 atom stereocenters. The topological polar surface area (TPSA) is 26.3 Å². The molecule has 1 aliphatic carbocycles. The van der Waals surface area contributed by atoms with Crippen molar-refractivity contribution in [2.24, 2.45) is 5.92 Å². The van der Waals surface area contributed by atoms with Crippen molar-refractivity contribution in [3.05, 3.63) is 0 Å². The van der Waals surface area contributed by atoms with Crippen molar-refractivity contribution in [1.29, 1.82) is 0 Å². The van der Waals surface area contributed by atoms with Crippen LogP contribution in [0.25, 0.3) is 0 Å². The van der Waals surface area contributed by atoms with Crippen LogP contribution in [0.4, 0.5) is 0 Å². The monoisotopic (exact) mass is 184 g/mol. The fourth-order valence-corrected chi connectivity index (χ4v) is 1.68. The largest absolute Gasteiger partial charge is 0.378 e. The predicted octanol–water partition coefficient (Wildman–Crippen LogP) is 2.56. The van der Waals surface area contributed by atoms with E-state index in [9.17, 15) is 4.79 Å². The lowest BCUT2D eigenvalue weighted by molar-refractivity contribution is -0.119. The lowest BCUT2D eigenvalue weighted by Gasteiger charge is -2.25. The smallest absolute Gasteiger partial charge is 0.132 e. The van der Waals surface area contributed by atoms with Crippen LogP contribution in [0.15, 0.2) is 0 Å². The standard InChI is InChI=1S/C11H20O2/c1-9(12)8-10(2)13-7-6-11-4-3-5-11/h10-11H,3-8H2,1-2H3. The van der Waals surface area contributed by atoms with Crippen LogP contribution in [-0.4, -0.2) is 18.5 Å². The molecular formula is C11H20O2. The molecule has 0 heterocycles. The number of ketones is 1. The Morgan fingerprint density at radius 2 is 2.23 bits per heavy atom. The van der Waals surface area contributed by atoms with Gasteiger partial charge in [0.15, 0.2) is 0 Å². The van der Waals surface area contributed by atoms with Gasteiger partial charge in [-0.2, -0.15) is 0 Å². The maximum Gasteiger partial charge on any atom is 0.132 e. The predicted molar refractivity (Wildman–Crippen MR) is 52.7 cm³/mol. The third-order valence-electron chi connectivity index (χ3n) is 2.73. The highest BCUT2D eigenvalue weighted by atomic mass is 16.5. The van der Waals surface area contributed by atoms with E-state index in [1.807, 2.05) is 6.92 Å². The molecule has 1 unspecified atom stereocenters. The van der Waals surface area contributed by atoms with Gasteiger partial charge in [0.05, 0.1) is 6.10 Å². The minimum atomic E-state index is 0.109. The minimum Gasteiger partial charge on any atom is -0.378 e. The number of rotatable bonds is 6. The van der Waals surface area contributed by atoms with E-state index in [-0.39, 0.29) is 11.9 Å². The molecule has 0 aromatic rings. The van der Waals surface area contributed by atoms with Crippen LogP contribution in [0.2, 0.25) is 0 Å². The molecule has 0 aromatic carbocycles. The maximum atomic E-state index is 10.7. The van der Waals surface area contributed by atoms with Crippen LogP contribution in [0, 0.1) is 5.92 Å². The summed E-state index contributed by atoms with van der Waals surface area (Å²) in [6.45, 7) is 4.42. The van der Waals surface area contributed by atoms with Crippen molar-refractivity contribution >= 4 is 5.78 Å². The fraction of sp³-hybridized carbons (Fsp3) is 0.909. The Morgan fingerprint density at radius 1 is 1.54 bits per heavy atom. The number of ether oxygens (including phenoxy) is 1. The molecule has 76 valence electrons. The van der Waals surface area contributed by atoms with Crippen LogP contribution in [0.1, 0.15) is 46.0 Å². The number of carbonyl (C=O) groups is 1. The second-order valence-electron chi connectivity index (χ2n) is 4.17. The van der Waals surface area contributed by atoms with Crippen molar-refractivity contribution in [2.75, 3.05) is 6.61 Å². The number of hydrogen-bond donors (Lipinski definition) is 0. The number of carbonyl (C=O) groups excluding carboxylic acids is 1. The average molecular weight is 184 g/mol. The zero-order chi connectivity index (χ0) is 9.68. The quantitative estimate of drug-likeness (QED) is 0.634. The average Bonchev–Trinajstić information content (AvgIpc) is 1.92. The fourth-order valence-electron chi connectivity index (χ4n) is 1.68. The van der Waals surface area contributed by atoms with Gasteiger partial charge in [0.25, 0.3) is 0 Å². The van der Waals surface area contributed by atoms with Gasteiger partial charge in [-0.25, -0.2) is 0 Å². The summed E-state index contributed by atoms with van der Waals surface area (Å²) in [5.41, 5.74) is 0. The zero-order valence-electron chi connectivity index (χ0n) is 8.71. The molecule has 0 amide bonds. The molecule has 2 heteroatoms. The second-order valence-corrected chi connectivity index (χ2v) is 4.17. The normalized spacial score (nSPS) is 19.5. The Labute approximate surface area is 80.7 Å². The van der Waals surface area contributed by atoms with Gasteiger partial charge in [-0.15, -0.1) is 0 Å². The summed E-state index contributed by atoms with van der Waals surface area (Å²) in [5.74, 6) is 1.13. The van der Waals surface area contributed by atoms with Crippen LogP contribution < -0.4 is 0 Å². The number of Topliss-reactive ketones (excluding diaryl/α,β-unsaturated/α-hetero) is 1. The van der Waals surface area contributed by atoms with E-state index >= 15 is 0 Å². The van der Waals surface area contributed by atoms with Crippen molar-refractivity contribution < 1.29 is 9.53 Å². The van der Waals surface area contributed by atoms with E-state index in [1.54, 1.807) is 6.92 Å². The summed E-state index contributed by atoms with van der Waals surface area (Å²) in [6, 6.07) is 0. The van der Waals surface area contributed by atoms with Crippen LogP contribution >= 0.6 is 0 Å². The van der Waals surface area contributed by atoms with Crippen molar-refractivity contribution in [2.45, 2.75) is 52.1 Å². The summed E-state index contributed by atoms with van der Waals surface area (Å²) in [4.78, 5) is 10.7. The molecule has 0 saturated heterocycles. The molecule has 0 aromatic heterocycles. The zero-order valence-corrected chi connectivity index (χ0v) is 8.71. The van der Waals surface area contributed by atoms with Crippen LogP contribution in [0.3, 0.4) is 0 Å². The first-order valence-electron chi connectivity index (χ1n) is 5.29. The molecule has 1 rings (SSSR count). The van der Waals surface area contributed by atoms with Gasteiger partial charge >= 0.3 is 0 Å². The first-order chi connectivity index (χ1) is 6.18. The molecule has 13 heavy (non-hydrogen) atoms. The second kappa shape index (κ2) is 5.38. The van der Waals surface area contributed by atoms with Gasteiger partial charge in [-0.05, 0) is 26.2 Å². The van der Waals surface area contributed by atoms with Crippen molar-refractivity contribution in [1.82, 2.24) is 0 Å². The van der Waals surface area contributed by atoms with Gasteiger partial charge in [-0.3, -0.25) is 4.79 Å². The summed E-state index contributed by atoms with van der Waals surface area (Å²) < 4.78 is 5.54. The highest BCUT2D eigenvalue weighted by Crippen LogP contribution is 2.29. The highest BCUT2D eigenvalue weighted by Gasteiger charge is 2.17. The molecule has 1 saturated carbocycles. The molecule has 2 nitrogen and oxygen atoms in total. The Bertz CT molecular complexity index is 161. The SMILES string of the molecule is CC(=O)CC(C)OCCC1CCC1. The molecule has 1 aliphatic rings. The van der Waals surface area contributed by atoms with E-state index in [0.29, 0.717) is 6.42 Å². The van der Waals surface area contributed by atoms with Crippen LogP contribution in [-0.2, 0) is 9.53 Å². The molecule has 0 aliphatic heterocycles. The lowest BCUT2D eigenvalue weighted by atomic mass is 9.83. The number of hydrogen-bond acceptors (Lipinski definition) is 2. The van der Waals surface area contributed by atoms with Gasteiger partial charge in [-0.1, -0.05) is 19.3 Å². The first-order valence-corrected chi connectivity index (χ1v) is 5.29. The molecule has 0 radical (unpaired) electrons. The van der Waals surface area contributed by atoms with Crippen molar-refractivity contribution in [3.63, 3.8) is 0 Å². The minimum absolute atomic E-state index is 0.109. The van der Waals surface area contributed by atoms with Crippen molar-refractivity contribution in [3.8, 4) is 0 Å². The highest BCUT2D eigenvalue weighted by molar-refractivity contribution is 5.75. The Hall–Kier alpha value is -0.370. The molecule has 0 N–H and O–H groups in total. The van der Waals surface area contributed by atoms with E-state index < -0.39 is 0 Å². The van der Waals surface area contributed by atoms with E-state index in [1.165, 1.54) is 25.7 Å². The summed E-state index contributed by atoms with van der Waals surface area (Å²) in [5, 5.41) is 0. The Balaban J connectivity index is 1.94. The Kier molecular flexibility index (Phi) is 4.43. The lowest BCUT2D eigenvalue weighted by Crippen LogP contribution is -2.17. The van der Waals surface area contributed by atoms with Crippen LogP contribution in [0.5, 0.6) is 0 Å². The third-order valence-corrected chi connectivity index (χ3v) is 2.73. The summed E-state index contributed by atoms with van der Waals surface area (Å²) in [7, 11) is 0. The first kappa shape index (κ1) is 10.7. The van der Waals surface area contributed by atoms with Gasteiger partial charge < -0.3 is 4.74 Å². The van der Waals surface area contributed by atoms with E-state index in [4.69, 9.17) is 4.74 Å². The van der Waals surface area contributed by atoms with Gasteiger partial charge in [0, 0.05) is 13.0 Å². The van der Waals surface area contributed by atoms with E-state index in [2.05, 4.69) is 0 Å². The molecular weight excluding hydrogens is 164 g/mol.